The van der Waals surface area contributed by atoms with E-state index in [1.54, 1.807) is 26.0 Å². The van der Waals surface area contributed by atoms with Crippen LogP contribution in [0.2, 0.25) is 0 Å². The molecule has 0 aliphatic heterocycles. The molecule has 0 amide bonds. The fourth-order valence-corrected chi connectivity index (χ4v) is 8.83. The smallest absolute Gasteiger partial charge is 0.273 e. The van der Waals surface area contributed by atoms with Gasteiger partial charge in [0.1, 0.15) is 17.4 Å². The second kappa shape index (κ2) is 11.1. The van der Waals surface area contributed by atoms with Gasteiger partial charge in [-0.25, -0.2) is 26.3 Å². The normalized spacial score (nSPS) is 11.7. The lowest BCUT2D eigenvalue weighted by Gasteiger charge is -2.01. The Morgan fingerprint density at radius 1 is 0.706 bits per heavy atom. The van der Waals surface area contributed by atoms with Crippen molar-refractivity contribution in [2.24, 2.45) is 0 Å². The van der Waals surface area contributed by atoms with Gasteiger partial charge in [0.05, 0.1) is 19.0 Å². The Bertz CT molecular complexity index is 1410. The fraction of sp³-hybridized carbons (Fsp3) is 0.125. The number of nitrogens with zero attached hydrogens (tertiary/aromatic N) is 2. The van der Waals surface area contributed by atoms with Gasteiger partial charge in [-0.1, -0.05) is 10.3 Å². The highest BCUT2D eigenvalue weighted by Gasteiger charge is 2.22. The first-order chi connectivity index (χ1) is 15.8. The molecule has 184 valence electrons. The number of sulfonamides is 2. The molecule has 18 heteroatoms. The minimum atomic E-state index is -3.63. The molecule has 10 nitrogen and oxygen atoms in total. The maximum absolute atomic E-state index is 11.9. The van der Waals surface area contributed by atoms with Crippen molar-refractivity contribution in [2.75, 3.05) is 9.44 Å². The Hall–Kier alpha value is -0.760. The quantitative estimate of drug-likeness (QED) is 0.218. The average molecular weight is 804 g/mol. The van der Waals surface area contributed by atoms with Gasteiger partial charge in [0.15, 0.2) is 0 Å². The van der Waals surface area contributed by atoms with Crippen LogP contribution in [0.25, 0.3) is 0 Å². The molecule has 0 radical (unpaired) electrons. The Balaban J connectivity index is 0.000000191. The van der Waals surface area contributed by atoms with Crippen molar-refractivity contribution in [1.29, 1.82) is 0 Å². The topological polar surface area (TPSA) is 144 Å². The largest absolute Gasteiger partial charge is 0.336 e. The minimum absolute atomic E-state index is 0.0759. The van der Waals surface area contributed by atoms with Crippen LogP contribution >= 0.6 is 86.4 Å². The van der Waals surface area contributed by atoms with Crippen molar-refractivity contribution in [3.63, 3.8) is 0 Å². The van der Waals surface area contributed by atoms with Crippen LogP contribution in [0.15, 0.2) is 58.2 Å². The lowest BCUT2D eigenvalue weighted by atomic mass is 10.5. The summed E-state index contributed by atoms with van der Waals surface area (Å²) in [7, 11) is -7.25. The van der Waals surface area contributed by atoms with Crippen LogP contribution in [0.5, 0.6) is 0 Å². The van der Waals surface area contributed by atoms with E-state index in [0.29, 0.717) is 20.3 Å². The second-order valence-corrected chi connectivity index (χ2v) is 16.5. The number of hydrogen-bond acceptors (Lipinski definition) is 10. The van der Waals surface area contributed by atoms with Crippen molar-refractivity contribution in [1.82, 2.24) is 10.3 Å². The van der Waals surface area contributed by atoms with E-state index in [0.717, 1.165) is 30.2 Å². The third-order valence-electron chi connectivity index (χ3n) is 3.66. The fourth-order valence-electron chi connectivity index (χ4n) is 2.07. The summed E-state index contributed by atoms with van der Waals surface area (Å²) < 4.78 is 65.0. The summed E-state index contributed by atoms with van der Waals surface area (Å²) in [5.74, 6) is 0.152. The van der Waals surface area contributed by atoms with Crippen LogP contribution in [0.4, 0.5) is 11.8 Å². The highest BCUT2D eigenvalue weighted by Crippen LogP contribution is 2.32. The molecular weight excluding hydrogens is 792 g/mol. The molecule has 0 unspecified atom stereocenters. The zero-order valence-corrected chi connectivity index (χ0v) is 26.4. The maximum atomic E-state index is 11.9. The van der Waals surface area contributed by atoms with Crippen molar-refractivity contribution in [2.45, 2.75) is 22.3 Å². The summed E-state index contributed by atoms with van der Waals surface area (Å²) in [4.78, 5) is 0. The van der Waals surface area contributed by atoms with Gasteiger partial charge in [-0.2, -0.15) is 0 Å². The first-order valence-corrected chi connectivity index (χ1v) is 16.4. The van der Waals surface area contributed by atoms with E-state index in [4.69, 9.17) is 9.05 Å². The van der Waals surface area contributed by atoms with E-state index in [1.165, 1.54) is 12.1 Å². The van der Waals surface area contributed by atoms with Crippen LogP contribution in [0.1, 0.15) is 11.4 Å². The van der Waals surface area contributed by atoms with E-state index < -0.39 is 20.0 Å². The van der Waals surface area contributed by atoms with Crippen molar-refractivity contribution in [3.05, 3.63) is 52.2 Å². The summed E-state index contributed by atoms with van der Waals surface area (Å²) in [5.41, 5.74) is 1.16. The number of nitrogens with one attached hydrogen (secondary N) is 2. The third-order valence-corrected chi connectivity index (χ3v) is 12.4. The maximum Gasteiger partial charge on any atom is 0.273 e. The lowest BCUT2D eigenvalue weighted by molar-refractivity contribution is 0.430. The number of halogens is 4. The number of thiophene rings is 2. The van der Waals surface area contributed by atoms with E-state index in [-0.39, 0.29) is 20.2 Å². The van der Waals surface area contributed by atoms with Crippen molar-refractivity contribution >= 4 is 118 Å². The van der Waals surface area contributed by atoms with Gasteiger partial charge >= 0.3 is 0 Å². The lowest BCUT2D eigenvalue weighted by Crippen LogP contribution is -2.11. The Morgan fingerprint density at radius 2 is 1.06 bits per heavy atom. The van der Waals surface area contributed by atoms with Gasteiger partial charge in [-0.05, 0) is 102 Å². The number of anilines is 2. The molecule has 0 fully saturated rings. The molecule has 4 aromatic rings. The molecule has 4 heterocycles. The van der Waals surface area contributed by atoms with Gasteiger partial charge in [0.2, 0.25) is 0 Å². The number of hydrogen-bond donors (Lipinski definition) is 2. The van der Waals surface area contributed by atoms with Crippen LogP contribution in [0, 0.1) is 13.8 Å². The molecule has 0 saturated heterocycles. The van der Waals surface area contributed by atoms with E-state index >= 15 is 0 Å². The zero-order valence-electron chi connectivity index (χ0n) is 16.8. The number of aryl methyl sites for hydroxylation is 2. The van der Waals surface area contributed by atoms with E-state index in [9.17, 15) is 16.8 Å². The van der Waals surface area contributed by atoms with Gasteiger partial charge in [-0.3, -0.25) is 0 Å². The predicted molar refractivity (Wildman–Crippen MR) is 144 cm³/mol. The van der Waals surface area contributed by atoms with Crippen LogP contribution in [-0.4, -0.2) is 27.1 Å². The SMILES string of the molecule is Cc1noc(NS(=O)(=O)c2ccc(Br)s2)c1Br.Cc1noc(NS(=O)(=O)c2ccc(Br)s2)c1Br. The molecule has 2 N–H and O–H groups in total. The van der Waals surface area contributed by atoms with Crippen molar-refractivity contribution < 1.29 is 25.9 Å². The van der Waals surface area contributed by atoms with Gasteiger partial charge in [0.25, 0.3) is 31.8 Å². The molecule has 0 atom stereocenters. The van der Waals surface area contributed by atoms with Crippen molar-refractivity contribution in [3.8, 4) is 0 Å². The third kappa shape index (κ3) is 6.71. The molecule has 0 spiro atoms. The van der Waals surface area contributed by atoms with Gasteiger partial charge < -0.3 is 9.05 Å². The van der Waals surface area contributed by atoms with Gasteiger partial charge in [-0.15, -0.1) is 22.7 Å². The minimum Gasteiger partial charge on any atom is -0.336 e. The molecule has 0 aromatic carbocycles. The van der Waals surface area contributed by atoms with Crippen LogP contribution < -0.4 is 9.44 Å². The van der Waals surface area contributed by atoms with Gasteiger partial charge in [0, 0.05) is 0 Å². The highest BCUT2D eigenvalue weighted by atomic mass is 79.9. The monoisotopic (exact) mass is 800 g/mol. The molecular formula is C16H12Br4N4O6S4. The summed E-state index contributed by atoms with van der Waals surface area (Å²) in [6.07, 6.45) is 0. The number of rotatable bonds is 6. The first kappa shape index (κ1) is 27.8. The molecule has 34 heavy (non-hydrogen) atoms. The summed E-state index contributed by atoms with van der Waals surface area (Å²) in [6, 6.07) is 6.35. The van der Waals surface area contributed by atoms with E-state index in [2.05, 4.69) is 83.5 Å². The highest BCUT2D eigenvalue weighted by molar-refractivity contribution is 9.11. The molecule has 4 rings (SSSR count). The first-order valence-electron chi connectivity index (χ1n) is 8.60. The van der Waals surface area contributed by atoms with E-state index in [1.807, 2.05) is 0 Å². The summed E-state index contributed by atoms with van der Waals surface area (Å²) in [5, 5.41) is 7.29. The average Bonchev–Trinajstić information content (AvgIpc) is 3.53. The molecule has 0 saturated carbocycles. The standard InChI is InChI=1S/2C8H6Br2N2O3S2/c2*1-4-7(10)8(15-11-4)12-17(13,14)6-3-2-5(9)16-6/h2*2-3,12H,1H3. The molecule has 0 bridgehead atoms. The Morgan fingerprint density at radius 3 is 1.29 bits per heavy atom. The van der Waals surface area contributed by atoms with Crippen LogP contribution in [0.3, 0.4) is 0 Å². The second-order valence-electron chi connectivity index (χ2n) is 6.15. The Kier molecular flexibility index (Phi) is 9.08. The zero-order chi connectivity index (χ0) is 25.3. The molecule has 0 aliphatic rings. The summed E-state index contributed by atoms with van der Waals surface area (Å²) >= 11 is 15.0. The number of aromatic nitrogens is 2. The Labute approximate surface area is 236 Å². The molecule has 4 aromatic heterocycles. The molecule has 0 aliphatic carbocycles. The summed E-state index contributed by atoms with van der Waals surface area (Å²) in [6.45, 7) is 3.40. The van der Waals surface area contributed by atoms with Crippen LogP contribution in [-0.2, 0) is 20.0 Å². The predicted octanol–water partition coefficient (Wildman–Crippen LogP) is 6.74.